The number of ether oxygens (including phenoxy) is 1. The highest BCUT2D eigenvalue weighted by molar-refractivity contribution is 5.95. The number of nitrogens with zero attached hydrogens (tertiary/aromatic N) is 2. The minimum Gasteiger partial charge on any atom is -0.452 e. The van der Waals surface area contributed by atoms with Gasteiger partial charge in [0, 0.05) is 18.0 Å². The van der Waals surface area contributed by atoms with E-state index >= 15 is 0 Å². The molecule has 6 nitrogen and oxygen atoms in total. The van der Waals surface area contributed by atoms with Crippen LogP contribution in [0.25, 0.3) is 5.69 Å². The maximum atomic E-state index is 13.5. The summed E-state index contributed by atoms with van der Waals surface area (Å²) >= 11 is 0. The number of hydrogen-bond donors (Lipinski definition) is 1. The van der Waals surface area contributed by atoms with Crippen molar-refractivity contribution < 1.29 is 23.1 Å². The Kier molecular flexibility index (Phi) is 5.25. The summed E-state index contributed by atoms with van der Waals surface area (Å²) < 4.78 is 32.9. The Morgan fingerprint density at radius 1 is 1.11 bits per heavy atom. The number of hydrogen-bond acceptors (Lipinski definition) is 4. The van der Waals surface area contributed by atoms with E-state index in [2.05, 4.69) is 10.4 Å². The third-order valence-electron chi connectivity index (χ3n) is 3.72. The van der Waals surface area contributed by atoms with E-state index in [9.17, 15) is 18.4 Å². The molecule has 1 aromatic heterocycles. The first-order valence-electron chi connectivity index (χ1n) is 7.97. The van der Waals surface area contributed by atoms with Crippen molar-refractivity contribution in [3.63, 3.8) is 0 Å². The minimum atomic E-state index is -0.917. The fourth-order valence-electron chi connectivity index (χ4n) is 2.37. The molecule has 3 aromatic rings. The van der Waals surface area contributed by atoms with E-state index in [1.807, 2.05) is 13.0 Å². The third-order valence-corrected chi connectivity index (χ3v) is 3.72. The molecule has 1 N–H and O–H groups in total. The summed E-state index contributed by atoms with van der Waals surface area (Å²) in [4.78, 5) is 23.8. The first kappa shape index (κ1) is 18.2. The molecule has 8 heteroatoms. The van der Waals surface area contributed by atoms with Crippen molar-refractivity contribution in [1.82, 2.24) is 9.78 Å². The molecule has 1 heterocycles. The Bertz CT molecular complexity index is 984. The highest BCUT2D eigenvalue weighted by atomic mass is 19.1. The number of aromatic nitrogens is 2. The van der Waals surface area contributed by atoms with Gasteiger partial charge in [0.1, 0.15) is 11.6 Å². The number of nitrogens with one attached hydrogen (secondary N) is 1. The Balaban J connectivity index is 1.57. The maximum absolute atomic E-state index is 13.5. The molecule has 0 spiro atoms. The molecule has 0 radical (unpaired) electrons. The van der Waals surface area contributed by atoms with E-state index in [4.69, 9.17) is 4.74 Å². The molecule has 2 aromatic carbocycles. The quantitative estimate of drug-likeness (QED) is 0.699. The molecule has 1 amide bonds. The highest BCUT2D eigenvalue weighted by Crippen LogP contribution is 2.15. The molecule has 0 unspecified atom stereocenters. The smallest absolute Gasteiger partial charge is 0.338 e. The van der Waals surface area contributed by atoms with Crippen LogP contribution >= 0.6 is 0 Å². The van der Waals surface area contributed by atoms with Gasteiger partial charge in [-0.3, -0.25) is 4.79 Å². The molecule has 0 saturated heterocycles. The summed E-state index contributed by atoms with van der Waals surface area (Å²) in [6.07, 6.45) is 1.67. The van der Waals surface area contributed by atoms with E-state index < -0.39 is 30.1 Å². The van der Waals surface area contributed by atoms with Crippen molar-refractivity contribution in [2.75, 3.05) is 11.9 Å². The second-order valence-electron chi connectivity index (χ2n) is 5.68. The molecule has 0 fully saturated rings. The number of esters is 1. The highest BCUT2D eigenvalue weighted by Gasteiger charge is 2.13. The Hall–Kier alpha value is -3.55. The average molecular weight is 371 g/mol. The zero-order valence-corrected chi connectivity index (χ0v) is 14.3. The number of aryl methyl sites for hydroxylation is 1. The van der Waals surface area contributed by atoms with Crippen molar-refractivity contribution >= 4 is 17.6 Å². The van der Waals surface area contributed by atoms with Gasteiger partial charge in [0.2, 0.25) is 0 Å². The van der Waals surface area contributed by atoms with Gasteiger partial charge in [-0.2, -0.15) is 5.10 Å². The number of carbonyl (C=O) groups is 2. The fourth-order valence-corrected chi connectivity index (χ4v) is 2.37. The van der Waals surface area contributed by atoms with Crippen molar-refractivity contribution in [2.24, 2.45) is 0 Å². The van der Waals surface area contributed by atoms with Crippen molar-refractivity contribution in [3.8, 4) is 5.69 Å². The molecule has 0 atom stereocenters. The summed E-state index contributed by atoms with van der Waals surface area (Å²) in [5.74, 6) is -3.11. The fraction of sp³-hybridized carbons (Fsp3) is 0.105. The van der Waals surface area contributed by atoms with E-state index in [1.54, 1.807) is 35.1 Å². The molecule has 138 valence electrons. The summed E-state index contributed by atoms with van der Waals surface area (Å²) in [6, 6.07) is 11.1. The van der Waals surface area contributed by atoms with E-state index in [-0.39, 0.29) is 11.3 Å². The van der Waals surface area contributed by atoms with Crippen LogP contribution in [0.2, 0.25) is 0 Å². The standard InChI is InChI=1S/C19H15F2N3O3/c1-12-8-9-22-24(12)15-5-2-13(3-6-15)19(26)27-11-18(25)23-17-7-4-14(20)10-16(17)21/h2-10H,11H2,1H3,(H,23,25). The van der Waals surface area contributed by atoms with Crippen LogP contribution in [0.15, 0.2) is 54.7 Å². The molecule has 0 aliphatic carbocycles. The number of amides is 1. The van der Waals surface area contributed by atoms with Crippen LogP contribution in [0, 0.1) is 18.6 Å². The zero-order valence-electron chi connectivity index (χ0n) is 14.3. The van der Waals surface area contributed by atoms with Crippen LogP contribution in [0.1, 0.15) is 16.1 Å². The number of carbonyl (C=O) groups excluding carboxylic acids is 2. The Morgan fingerprint density at radius 3 is 2.48 bits per heavy atom. The number of halogens is 2. The predicted octanol–water partition coefficient (Wildman–Crippen LogP) is 3.25. The van der Waals surface area contributed by atoms with Gasteiger partial charge in [-0.05, 0) is 49.4 Å². The summed E-state index contributed by atoms with van der Waals surface area (Å²) in [5, 5.41) is 6.37. The van der Waals surface area contributed by atoms with Gasteiger partial charge in [0.15, 0.2) is 6.61 Å². The molecule has 3 rings (SSSR count). The molecule has 0 aliphatic rings. The van der Waals surface area contributed by atoms with Gasteiger partial charge in [0.05, 0.1) is 16.9 Å². The first-order chi connectivity index (χ1) is 12.9. The van der Waals surface area contributed by atoms with Crippen molar-refractivity contribution in [3.05, 3.63) is 77.6 Å². The van der Waals surface area contributed by atoms with Crippen LogP contribution < -0.4 is 5.32 Å². The zero-order chi connectivity index (χ0) is 19.4. The van der Waals surface area contributed by atoms with Gasteiger partial charge in [0.25, 0.3) is 5.91 Å². The van der Waals surface area contributed by atoms with E-state index in [0.717, 1.165) is 23.5 Å². The second-order valence-corrected chi connectivity index (χ2v) is 5.68. The molecular weight excluding hydrogens is 356 g/mol. The largest absolute Gasteiger partial charge is 0.452 e. The lowest BCUT2D eigenvalue weighted by Gasteiger charge is -2.08. The van der Waals surface area contributed by atoms with E-state index in [1.165, 1.54) is 0 Å². The lowest BCUT2D eigenvalue weighted by molar-refractivity contribution is -0.119. The summed E-state index contributed by atoms with van der Waals surface area (Å²) in [7, 11) is 0. The minimum absolute atomic E-state index is 0.198. The molecule has 0 aliphatic heterocycles. The van der Waals surface area contributed by atoms with Gasteiger partial charge in [-0.25, -0.2) is 18.3 Å². The average Bonchev–Trinajstić information content (AvgIpc) is 3.08. The van der Waals surface area contributed by atoms with E-state index in [0.29, 0.717) is 6.07 Å². The van der Waals surface area contributed by atoms with Gasteiger partial charge >= 0.3 is 5.97 Å². The Labute approximate surface area is 153 Å². The van der Waals surface area contributed by atoms with Gasteiger partial charge in [-0.1, -0.05) is 0 Å². The monoisotopic (exact) mass is 371 g/mol. The van der Waals surface area contributed by atoms with Gasteiger partial charge < -0.3 is 10.1 Å². The lowest BCUT2D eigenvalue weighted by atomic mass is 10.2. The third kappa shape index (κ3) is 4.35. The topological polar surface area (TPSA) is 73.2 Å². The lowest BCUT2D eigenvalue weighted by Crippen LogP contribution is -2.21. The maximum Gasteiger partial charge on any atom is 0.338 e. The van der Waals surface area contributed by atoms with Crippen molar-refractivity contribution in [1.29, 1.82) is 0 Å². The Morgan fingerprint density at radius 2 is 1.85 bits per heavy atom. The van der Waals surface area contributed by atoms with Crippen LogP contribution in [0.5, 0.6) is 0 Å². The van der Waals surface area contributed by atoms with Crippen LogP contribution in [-0.4, -0.2) is 28.3 Å². The molecule has 0 bridgehead atoms. The van der Waals surface area contributed by atoms with Crippen LogP contribution in [-0.2, 0) is 9.53 Å². The molecular formula is C19H15F2N3O3. The molecule has 27 heavy (non-hydrogen) atoms. The molecule has 0 saturated carbocycles. The number of benzene rings is 2. The van der Waals surface area contributed by atoms with Crippen LogP contribution in [0.3, 0.4) is 0 Å². The number of anilines is 1. The van der Waals surface area contributed by atoms with Crippen LogP contribution in [0.4, 0.5) is 14.5 Å². The summed E-state index contributed by atoms with van der Waals surface area (Å²) in [5.41, 5.74) is 1.77. The van der Waals surface area contributed by atoms with Gasteiger partial charge in [-0.15, -0.1) is 0 Å². The normalized spacial score (nSPS) is 10.5. The SMILES string of the molecule is Cc1ccnn1-c1ccc(C(=O)OCC(=O)Nc2ccc(F)cc2F)cc1. The predicted molar refractivity (Wildman–Crippen MR) is 93.6 cm³/mol. The first-order valence-corrected chi connectivity index (χ1v) is 7.97. The van der Waals surface area contributed by atoms with Crippen molar-refractivity contribution in [2.45, 2.75) is 6.92 Å². The summed E-state index contributed by atoms with van der Waals surface area (Å²) in [6.45, 7) is 1.30. The second kappa shape index (κ2) is 7.77. The number of rotatable bonds is 5.